The summed E-state index contributed by atoms with van der Waals surface area (Å²) in [6.45, 7) is 7.13. The van der Waals surface area contributed by atoms with Gasteiger partial charge >= 0.3 is 11.8 Å². The number of halogens is 4. The molecule has 0 spiro atoms. The molecule has 11 nitrogen and oxygen atoms in total. The zero-order chi connectivity index (χ0) is 36.9. The molecule has 0 radical (unpaired) electrons. The molecule has 16 heteroatoms. The molecular weight excluding hydrogens is 690 g/mol. The third kappa shape index (κ3) is 7.60. The molecule has 2 aromatic heterocycles. The van der Waals surface area contributed by atoms with Crippen LogP contribution in [-0.2, 0) is 16.6 Å². The third-order valence-electron chi connectivity index (χ3n) is 8.71. The normalized spacial score (nSPS) is 19.7. The number of nitrogens with zero attached hydrogens (tertiary/aromatic N) is 6. The second kappa shape index (κ2) is 13.0. The first-order valence-corrected chi connectivity index (χ1v) is 17.6. The number of fused-ring (bicyclic) bond motifs is 4. The molecule has 4 aromatic rings. The predicted octanol–water partition coefficient (Wildman–Crippen LogP) is 6.28. The van der Waals surface area contributed by atoms with Crippen LogP contribution in [0.3, 0.4) is 0 Å². The largest absolute Gasteiger partial charge is 0.475 e. The van der Waals surface area contributed by atoms with Crippen LogP contribution in [0.1, 0.15) is 54.5 Å². The number of amides is 1. The highest BCUT2D eigenvalue weighted by Crippen LogP contribution is 2.42. The van der Waals surface area contributed by atoms with Crippen molar-refractivity contribution in [2.45, 2.75) is 70.4 Å². The summed E-state index contributed by atoms with van der Waals surface area (Å²) in [5.74, 6) is -9.02. The Hall–Kier alpha value is -4.86. The summed E-state index contributed by atoms with van der Waals surface area (Å²) in [5, 5.41) is 0. The van der Waals surface area contributed by atoms with Gasteiger partial charge in [0.25, 0.3) is 15.9 Å². The molecule has 1 fully saturated rings. The van der Waals surface area contributed by atoms with Crippen molar-refractivity contribution >= 4 is 27.6 Å². The number of rotatable bonds is 5. The summed E-state index contributed by atoms with van der Waals surface area (Å²) in [6, 6.07) is 12.2. The highest BCUT2D eigenvalue weighted by Gasteiger charge is 2.63. The van der Waals surface area contributed by atoms with Crippen LogP contribution in [0.4, 0.5) is 29.2 Å². The predicted molar refractivity (Wildman–Crippen MR) is 182 cm³/mol. The van der Waals surface area contributed by atoms with Crippen LogP contribution >= 0.6 is 0 Å². The van der Waals surface area contributed by atoms with E-state index in [4.69, 9.17) is 4.74 Å². The molecule has 6 rings (SSSR count). The molecule has 1 amide bonds. The van der Waals surface area contributed by atoms with Crippen molar-refractivity contribution in [3.05, 3.63) is 83.4 Å². The lowest BCUT2D eigenvalue weighted by Crippen LogP contribution is -2.45. The number of carbonyl (C=O) groups excluding carboxylic acids is 1. The zero-order valence-corrected chi connectivity index (χ0v) is 29.4. The van der Waals surface area contributed by atoms with Gasteiger partial charge in [-0.1, -0.05) is 45.0 Å². The van der Waals surface area contributed by atoms with Crippen molar-refractivity contribution in [3.8, 4) is 17.1 Å². The summed E-state index contributed by atoms with van der Waals surface area (Å²) in [4.78, 5) is 33.8. The van der Waals surface area contributed by atoms with Gasteiger partial charge in [0.05, 0.1) is 54.3 Å². The topological polar surface area (TPSA) is 131 Å². The van der Waals surface area contributed by atoms with Gasteiger partial charge in [0, 0.05) is 17.2 Å². The first-order chi connectivity index (χ1) is 23.8. The van der Waals surface area contributed by atoms with Crippen molar-refractivity contribution in [2.24, 2.45) is 5.41 Å². The summed E-state index contributed by atoms with van der Waals surface area (Å²) in [5.41, 5.74) is 2.70. The number of benzene rings is 2. The number of anilines is 2. The Morgan fingerprint density at radius 2 is 1.57 bits per heavy atom. The summed E-state index contributed by atoms with van der Waals surface area (Å²) < 4.78 is 91.5. The lowest BCUT2D eigenvalue weighted by molar-refractivity contribution is -0.172. The number of aromatic nitrogens is 4. The lowest BCUT2D eigenvalue weighted by atomic mass is 9.87. The van der Waals surface area contributed by atoms with Crippen molar-refractivity contribution in [1.82, 2.24) is 24.8 Å². The fourth-order valence-electron chi connectivity index (χ4n) is 6.24. The van der Waals surface area contributed by atoms with Gasteiger partial charge in [0.1, 0.15) is 12.4 Å². The maximum absolute atomic E-state index is 14.3. The van der Waals surface area contributed by atoms with Crippen molar-refractivity contribution < 1.29 is 35.5 Å². The molecular formula is C35H37F4N7O4S. The van der Waals surface area contributed by atoms with Gasteiger partial charge in [-0.15, -0.1) is 0 Å². The van der Waals surface area contributed by atoms with E-state index in [9.17, 15) is 30.8 Å². The average Bonchev–Trinajstić information content (AvgIpc) is 3.26. The molecule has 270 valence electrons. The van der Waals surface area contributed by atoms with Crippen LogP contribution in [0.2, 0.25) is 0 Å². The number of sulfonamides is 1. The standard InChI is InChI=1S/C35H37F4N7O4S/c1-21-8-6-9-22(2)30(21)27-13-29-43-32(42-27)44-51(48,49)26-11-7-10-23(12-26)31(47)46(24(18-50-29)14-33(3,4)5)17-28-40-15-25(16-41-28)45-19-34(36,37)35(38,39)20-45/h6-13,15-16,24H,14,17-20H2,1-5H3,(H,42,43,44)/t24-/m1/s1. The number of hydrogen-bond donors (Lipinski definition) is 1. The monoisotopic (exact) mass is 727 g/mol. The quantitative estimate of drug-likeness (QED) is 0.236. The van der Waals surface area contributed by atoms with E-state index in [0.29, 0.717) is 12.1 Å². The highest BCUT2D eigenvalue weighted by molar-refractivity contribution is 7.92. The highest BCUT2D eigenvalue weighted by atomic mass is 32.2. The number of aryl methyl sites for hydroxylation is 2. The van der Waals surface area contributed by atoms with Crippen LogP contribution in [0, 0.1) is 19.3 Å². The molecule has 4 bridgehead atoms. The molecule has 0 saturated carbocycles. The van der Waals surface area contributed by atoms with E-state index in [0.717, 1.165) is 34.0 Å². The summed E-state index contributed by atoms with van der Waals surface area (Å²) in [7, 11) is -4.29. The smallest absolute Gasteiger partial charge is 0.329 e. The molecule has 2 aliphatic heterocycles. The van der Waals surface area contributed by atoms with Crippen molar-refractivity contribution in [2.75, 3.05) is 29.3 Å². The van der Waals surface area contributed by atoms with E-state index in [-0.39, 0.29) is 52.4 Å². The maximum Gasteiger partial charge on any atom is 0.329 e. The van der Waals surface area contributed by atoms with Crippen molar-refractivity contribution in [3.63, 3.8) is 0 Å². The number of carbonyl (C=O) groups is 1. The van der Waals surface area contributed by atoms with E-state index in [2.05, 4.69) is 24.7 Å². The molecule has 51 heavy (non-hydrogen) atoms. The maximum atomic E-state index is 14.3. The Morgan fingerprint density at radius 3 is 2.20 bits per heavy atom. The third-order valence-corrected chi connectivity index (χ3v) is 10.0. The van der Waals surface area contributed by atoms with Gasteiger partial charge in [-0.25, -0.2) is 28.1 Å². The minimum absolute atomic E-state index is 0.0221. The van der Waals surface area contributed by atoms with E-state index < -0.39 is 46.9 Å². The number of hydrogen-bond acceptors (Lipinski definition) is 9. The molecule has 2 aromatic carbocycles. The molecule has 1 atom stereocenters. The Labute approximate surface area is 293 Å². The van der Waals surface area contributed by atoms with E-state index in [1.54, 1.807) is 6.07 Å². The lowest BCUT2D eigenvalue weighted by Gasteiger charge is -2.35. The minimum Gasteiger partial charge on any atom is -0.475 e. The fraction of sp³-hybridized carbons (Fsp3) is 0.400. The summed E-state index contributed by atoms with van der Waals surface area (Å²) >= 11 is 0. The second-order valence-electron chi connectivity index (χ2n) is 14.1. The van der Waals surface area contributed by atoms with Crippen LogP contribution in [-0.4, -0.2) is 76.7 Å². The first-order valence-electron chi connectivity index (χ1n) is 16.2. The SMILES string of the molecule is Cc1cccc(C)c1-c1cc2nc(n1)NS(=O)(=O)c1cccc(c1)C(=O)N(Cc1ncc(N3CC(F)(F)C(F)(F)C3)cn1)[C@H](CC(C)(C)C)CO2. The van der Waals surface area contributed by atoms with Gasteiger partial charge in [-0.3, -0.25) is 4.79 Å². The molecule has 1 saturated heterocycles. The van der Waals surface area contributed by atoms with Gasteiger partial charge in [0.15, 0.2) is 0 Å². The Bertz CT molecular complexity index is 2040. The Balaban J connectivity index is 1.42. The number of alkyl halides is 4. The van der Waals surface area contributed by atoms with Crippen LogP contribution in [0.25, 0.3) is 11.3 Å². The minimum atomic E-state index is -4.29. The van der Waals surface area contributed by atoms with Gasteiger partial charge in [-0.05, 0) is 55.0 Å². The molecule has 1 N–H and O–H groups in total. The van der Waals surface area contributed by atoms with Crippen molar-refractivity contribution in [1.29, 1.82) is 0 Å². The number of ether oxygens (including phenoxy) is 1. The van der Waals surface area contributed by atoms with Gasteiger partial charge < -0.3 is 14.5 Å². The van der Waals surface area contributed by atoms with Gasteiger partial charge in [0.2, 0.25) is 11.8 Å². The van der Waals surface area contributed by atoms with Gasteiger partial charge in [-0.2, -0.15) is 22.5 Å². The van der Waals surface area contributed by atoms with Crippen LogP contribution < -0.4 is 14.4 Å². The molecule has 0 aliphatic carbocycles. The number of nitrogens with one attached hydrogen (secondary N) is 1. The van der Waals surface area contributed by atoms with Crippen LogP contribution in [0.15, 0.2) is 65.8 Å². The second-order valence-corrected chi connectivity index (χ2v) is 15.8. The molecule has 4 heterocycles. The fourth-order valence-corrected chi connectivity index (χ4v) is 7.23. The Morgan fingerprint density at radius 1 is 0.941 bits per heavy atom. The average molecular weight is 728 g/mol. The van der Waals surface area contributed by atoms with E-state index in [1.165, 1.54) is 29.2 Å². The van der Waals surface area contributed by atoms with E-state index in [1.807, 2.05) is 52.8 Å². The molecule has 2 aliphatic rings. The zero-order valence-electron chi connectivity index (χ0n) is 28.6. The Kier molecular flexibility index (Phi) is 9.19. The first kappa shape index (κ1) is 35.9. The molecule has 0 unspecified atom stereocenters. The summed E-state index contributed by atoms with van der Waals surface area (Å²) in [6.07, 6.45) is 2.74. The van der Waals surface area contributed by atoms with E-state index >= 15 is 0 Å². The van der Waals surface area contributed by atoms with Crippen LogP contribution in [0.5, 0.6) is 5.88 Å².